The van der Waals surface area contributed by atoms with Gasteiger partial charge in [0.05, 0.1) is 48.8 Å². The summed E-state index contributed by atoms with van der Waals surface area (Å²) in [5.41, 5.74) is 26.9. The van der Waals surface area contributed by atoms with Crippen LogP contribution in [0.15, 0.2) is 371 Å². The van der Waals surface area contributed by atoms with Gasteiger partial charge < -0.3 is 24.9 Å². The van der Waals surface area contributed by atoms with Crippen LogP contribution in [0.2, 0.25) is 78.6 Å². The Kier molecular flexibility index (Phi) is 42.5. The zero-order chi connectivity index (χ0) is 98.2. The van der Waals surface area contributed by atoms with Crippen LogP contribution < -0.4 is 20.7 Å². The standard InChI is InChI=1S/C19H26NSi.2C16H20NSi.4C15H10N.C14H15FNSi.4Ir/c1-14-9-8-10-15(11-14)17-12-16(19(2,3)4)18(13-20-17)21(5,6)7;2*1-12-7-6-8-14(9-12)15-10-13(2)16(11-17-15)18(3,4)5;1-2-6-12(7-3-1)15-10-13-8-4-5-9-14(13)11-16-15;3*1-2-6-12(7-3-1)15-11-10-13-8-4-5-9-14(13)16-15;1-17(2,3)14-10-16-13(9-12(14)15)11-7-5-4-6-8-11;;;;/h8-9,11-13H,1-7H3;2*6-7,9-11H,1-5H3;4*1-6,8-11H;4-7,9-10H,1-3H3;;;;/q8*-1;;;;. The molecule has 0 aliphatic carbocycles. The molecule has 0 bridgehead atoms. The Morgan fingerprint density at radius 3 is 0.782 bits per heavy atom. The smallest absolute Gasteiger partial charge is 0.116 e. The Bertz CT molecular complexity index is 6880. The van der Waals surface area contributed by atoms with Crippen LogP contribution in [0.3, 0.4) is 0 Å². The van der Waals surface area contributed by atoms with Gasteiger partial charge >= 0.3 is 0 Å². The Morgan fingerprint density at radius 1 is 0.225 bits per heavy atom. The minimum absolute atomic E-state index is 0. The fourth-order valence-electron chi connectivity index (χ4n) is 15.8. The molecule has 0 atom stereocenters. The number of aromatic nitrogens is 8. The molecule has 0 unspecified atom stereocenters. The van der Waals surface area contributed by atoms with Crippen molar-refractivity contribution in [3.05, 3.63) is 458 Å². The second-order valence-corrected chi connectivity index (χ2v) is 59.6. The van der Waals surface area contributed by atoms with Crippen LogP contribution in [0, 0.1) is 89.0 Å². The van der Waals surface area contributed by atoms with Gasteiger partial charge in [-0.05, 0) is 142 Å². The molecule has 0 spiro atoms. The number of pyridine rings is 8. The zero-order valence-corrected chi connectivity index (χ0v) is 98.1. The number of benzene rings is 12. The molecule has 12 aromatic carbocycles. The minimum Gasteiger partial charge on any atom is -0.305 e. The number of aryl methyl sites for hydroxylation is 5. The summed E-state index contributed by atoms with van der Waals surface area (Å²) in [7, 11) is -5.62. The van der Waals surface area contributed by atoms with Gasteiger partial charge in [-0.3, -0.25) is 15.0 Å². The van der Waals surface area contributed by atoms with Crippen molar-refractivity contribution in [1.29, 1.82) is 0 Å². The first-order chi connectivity index (χ1) is 66.1. The number of rotatable bonds is 12. The fraction of sp³-hybridized carbons (Fsp3) is 0.168. The van der Waals surface area contributed by atoms with E-state index in [2.05, 4.69) is 345 Å². The maximum absolute atomic E-state index is 14.0. The normalized spacial score (nSPS) is 10.9. The summed E-state index contributed by atoms with van der Waals surface area (Å²) in [5, 5.41) is 11.0. The maximum atomic E-state index is 14.0. The molecule has 4 radical (unpaired) electrons. The Labute approximate surface area is 900 Å². The molecule has 8 nitrogen and oxygen atoms in total. The number of hydrogen-bond acceptors (Lipinski definition) is 8. The van der Waals surface area contributed by atoms with Crippen molar-refractivity contribution in [2.75, 3.05) is 0 Å². The van der Waals surface area contributed by atoms with Gasteiger partial charge in [-0.15, -0.1) is 286 Å². The van der Waals surface area contributed by atoms with Crippen LogP contribution in [-0.4, -0.2) is 72.2 Å². The fourth-order valence-corrected chi connectivity index (χ4v) is 22.1. The van der Waals surface area contributed by atoms with Crippen LogP contribution in [-0.2, 0) is 85.8 Å². The van der Waals surface area contributed by atoms with E-state index in [1.54, 1.807) is 12.3 Å². The Hall–Kier alpha value is -11.7. The van der Waals surface area contributed by atoms with Gasteiger partial charge in [0.1, 0.15) is 5.82 Å². The van der Waals surface area contributed by atoms with Crippen molar-refractivity contribution >= 4 is 96.5 Å². The van der Waals surface area contributed by atoms with E-state index < -0.39 is 32.3 Å². The molecule has 0 fully saturated rings. The van der Waals surface area contributed by atoms with Gasteiger partial charge in [0.25, 0.3) is 0 Å². The molecule has 0 saturated carbocycles. The monoisotopic (exact) mass is 2640 g/mol. The van der Waals surface area contributed by atoms with Crippen molar-refractivity contribution in [3.63, 3.8) is 0 Å². The first-order valence-corrected chi connectivity index (χ1v) is 60.9. The molecule has 0 aliphatic heterocycles. The number of para-hydroxylation sites is 3. The summed E-state index contributed by atoms with van der Waals surface area (Å²) in [6, 6.07) is 139. The van der Waals surface area contributed by atoms with Crippen molar-refractivity contribution in [3.8, 4) is 90.1 Å². The Morgan fingerprint density at radius 2 is 0.486 bits per heavy atom. The second kappa shape index (κ2) is 53.0. The molecule has 0 aliphatic rings. The van der Waals surface area contributed by atoms with Crippen molar-refractivity contribution in [2.24, 2.45) is 0 Å². The van der Waals surface area contributed by atoms with E-state index in [1.165, 1.54) is 81.9 Å². The number of nitrogens with zero attached hydrogens (tertiary/aromatic N) is 8. The predicted octanol–water partition coefficient (Wildman–Crippen LogP) is 30.2. The summed E-state index contributed by atoms with van der Waals surface area (Å²) in [5.74, 6) is -0.147. The summed E-state index contributed by atoms with van der Waals surface area (Å²) in [6.07, 6.45) is 9.82. The quantitative estimate of drug-likeness (QED) is 0.0880. The van der Waals surface area contributed by atoms with E-state index >= 15 is 0 Å². The summed E-state index contributed by atoms with van der Waals surface area (Å²) in [4.78, 5) is 36.6. The molecule has 20 aromatic rings. The van der Waals surface area contributed by atoms with E-state index in [0.717, 1.165) is 106 Å². The van der Waals surface area contributed by atoms with Crippen LogP contribution in [0.5, 0.6) is 0 Å². The second-order valence-electron chi connectivity index (χ2n) is 39.5. The van der Waals surface area contributed by atoms with Crippen LogP contribution in [0.4, 0.5) is 4.39 Å². The number of fused-ring (bicyclic) bond motifs is 4. The van der Waals surface area contributed by atoms with Gasteiger partial charge in [0.2, 0.25) is 0 Å². The van der Waals surface area contributed by atoms with E-state index in [-0.39, 0.29) is 91.7 Å². The molecule has 728 valence electrons. The minimum atomic E-state index is -1.65. The summed E-state index contributed by atoms with van der Waals surface area (Å²) >= 11 is 0. The van der Waals surface area contributed by atoms with E-state index in [4.69, 9.17) is 4.98 Å². The van der Waals surface area contributed by atoms with Crippen molar-refractivity contribution in [2.45, 2.75) is 139 Å². The molecule has 8 aromatic heterocycles. The molecule has 0 amide bonds. The number of halogens is 1. The molecule has 142 heavy (non-hydrogen) atoms. The average Bonchev–Trinajstić information content (AvgIpc) is 0.778. The van der Waals surface area contributed by atoms with Gasteiger partial charge in [-0.2, -0.15) is 0 Å². The molecule has 20 rings (SSSR count). The van der Waals surface area contributed by atoms with Gasteiger partial charge in [0.15, 0.2) is 0 Å². The van der Waals surface area contributed by atoms with Crippen molar-refractivity contribution in [1.82, 2.24) is 39.9 Å². The molecule has 0 saturated heterocycles. The molecule has 8 heterocycles. The SMILES string of the molecule is C[Si](C)(C)c1cnc(-c2[c-]cccc2)cc1F.Cc1cc[c-]c(-c2cc(C(C)(C)C)c([Si](C)(C)C)cn2)c1.Cc1cc[c-]c(-c2cc(C)c([Si](C)(C)C)cn2)c1.Cc1cc[c-]c(-c2cc(C)c([Si](C)(C)C)cn2)c1.[Ir].[Ir].[Ir].[Ir].[c-]1ccccc1-c1cc2ccccc2cn1.[c-]1ccccc1-c1ccc2ccccc2n1.[c-]1ccccc1-c1ccc2ccccc2n1.[c-]1ccccc1-c1ccc2ccccc2n1. The van der Waals surface area contributed by atoms with Gasteiger partial charge in [0, 0.05) is 111 Å². The van der Waals surface area contributed by atoms with Crippen LogP contribution >= 0.6 is 0 Å². The predicted molar refractivity (Wildman–Crippen MR) is 592 cm³/mol. The van der Waals surface area contributed by atoms with Gasteiger partial charge in [-0.1, -0.05) is 271 Å². The molecular weight excluding hydrogens is 2510 g/mol. The average molecular weight is 2640 g/mol. The Balaban J connectivity index is 0.000000181. The van der Waals surface area contributed by atoms with Crippen molar-refractivity contribution < 1.29 is 84.8 Å². The first-order valence-electron chi connectivity index (χ1n) is 46.9. The summed E-state index contributed by atoms with van der Waals surface area (Å²) < 4.78 is 14.0. The zero-order valence-electron chi connectivity index (χ0n) is 84.5. The third kappa shape index (κ3) is 32.6. The maximum Gasteiger partial charge on any atom is 0.116 e. The largest absolute Gasteiger partial charge is 0.305 e. The van der Waals surface area contributed by atoms with Crippen LogP contribution in [0.25, 0.3) is 134 Å². The van der Waals surface area contributed by atoms with Crippen LogP contribution in [0.1, 0.15) is 54.2 Å². The first kappa shape index (κ1) is 114. The third-order valence-electron chi connectivity index (χ3n) is 23.1. The molecule has 0 N–H and O–H groups in total. The third-order valence-corrected chi connectivity index (χ3v) is 31.3. The van der Waals surface area contributed by atoms with Gasteiger partial charge in [-0.25, -0.2) is 4.39 Å². The van der Waals surface area contributed by atoms with E-state index in [0.29, 0.717) is 5.69 Å². The topological polar surface area (TPSA) is 103 Å². The van der Waals surface area contributed by atoms with E-state index in [9.17, 15) is 4.39 Å². The molecular formula is C125H121FIr4N8Si4-8. The van der Waals surface area contributed by atoms with E-state index in [1.807, 2.05) is 225 Å². The molecule has 17 heteroatoms. The summed E-state index contributed by atoms with van der Waals surface area (Å²) in [6.45, 7) is 45.2. The number of hydrogen-bond donors (Lipinski definition) is 0.